The first kappa shape index (κ1) is 19.3. The van der Waals surface area contributed by atoms with Crippen molar-refractivity contribution in [1.29, 1.82) is 0 Å². The maximum Gasteiger partial charge on any atom is 0.433 e. The fraction of sp³-hybridized carbons (Fsp3) is 0.286. The van der Waals surface area contributed by atoms with E-state index in [9.17, 15) is 23.1 Å². The average molecular weight is 401 g/mol. The van der Waals surface area contributed by atoms with Crippen LogP contribution in [0.15, 0.2) is 42.5 Å². The third-order valence-electron chi connectivity index (χ3n) is 5.45. The normalized spacial score (nSPS) is 16.2. The van der Waals surface area contributed by atoms with Crippen LogP contribution < -0.4 is 0 Å². The Balaban J connectivity index is 1.65. The van der Waals surface area contributed by atoms with Crippen LogP contribution in [0.1, 0.15) is 46.7 Å². The van der Waals surface area contributed by atoms with Crippen LogP contribution in [0.5, 0.6) is 0 Å². The van der Waals surface area contributed by atoms with Gasteiger partial charge in [0.15, 0.2) is 0 Å². The standard InChI is InChI=1S/C21H18F3N3O2/c1-20(2)15-5-3-4-13(19(28)29)14(15)11-27(20)10-12-6-7-17-16(25-12)8-9-18(26-17)21(22,23)24/h3-9H,10-11H2,1-2H3,(H,28,29). The summed E-state index contributed by atoms with van der Waals surface area (Å²) >= 11 is 0. The van der Waals surface area contributed by atoms with E-state index in [0.29, 0.717) is 24.3 Å². The van der Waals surface area contributed by atoms with E-state index in [4.69, 9.17) is 0 Å². The number of alkyl halides is 3. The van der Waals surface area contributed by atoms with E-state index in [1.165, 1.54) is 12.1 Å². The number of rotatable bonds is 3. The van der Waals surface area contributed by atoms with Crippen molar-refractivity contribution in [2.75, 3.05) is 0 Å². The monoisotopic (exact) mass is 401 g/mol. The summed E-state index contributed by atoms with van der Waals surface area (Å²) in [5.74, 6) is -0.963. The SMILES string of the molecule is CC1(C)c2cccc(C(=O)O)c2CN1Cc1ccc2nc(C(F)(F)F)ccc2n1. The maximum atomic E-state index is 12.8. The van der Waals surface area contributed by atoms with Gasteiger partial charge in [-0.05, 0) is 55.3 Å². The molecule has 0 bridgehead atoms. The highest BCUT2D eigenvalue weighted by atomic mass is 19.4. The number of pyridine rings is 2. The lowest BCUT2D eigenvalue weighted by atomic mass is 9.91. The molecule has 3 heterocycles. The summed E-state index contributed by atoms with van der Waals surface area (Å²) in [7, 11) is 0. The van der Waals surface area contributed by atoms with Gasteiger partial charge in [-0.2, -0.15) is 13.2 Å². The molecule has 0 spiro atoms. The Kier molecular flexibility index (Phi) is 4.34. The van der Waals surface area contributed by atoms with Gasteiger partial charge in [-0.3, -0.25) is 4.90 Å². The van der Waals surface area contributed by atoms with Gasteiger partial charge in [0.2, 0.25) is 0 Å². The van der Waals surface area contributed by atoms with Crippen molar-refractivity contribution in [1.82, 2.24) is 14.9 Å². The number of carbonyl (C=O) groups is 1. The molecule has 1 N–H and O–H groups in total. The maximum absolute atomic E-state index is 12.8. The fourth-order valence-corrected chi connectivity index (χ4v) is 3.84. The predicted molar refractivity (Wildman–Crippen MR) is 100 cm³/mol. The summed E-state index contributed by atoms with van der Waals surface area (Å²) < 4.78 is 38.5. The minimum Gasteiger partial charge on any atom is -0.478 e. The summed E-state index contributed by atoms with van der Waals surface area (Å²) in [5.41, 5.74) is 1.91. The van der Waals surface area contributed by atoms with Crippen molar-refractivity contribution in [2.24, 2.45) is 0 Å². The third-order valence-corrected chi connectivity index (χ3v) is 5.45. The van der Waals surface area contributed by atoms with Gasteiger partial charge in [0, 0.05) is 18.6 Å². The molecule has 3 aromatic rings. The molecule has 0 amide bonds. The van der Waals surface area contributed by atoms with E-state index in [-0.39, 0.29) is 11.1 Å². The first-order valence-corrected chi connectivity index (χ1v) is 9.02. The summed E-state index contributed by atoms with van der Waals surface area (Å²) in [6, 6.07) is 10.7. The quantitative estimate of drug-likeness (QED) is 0.695. The second kappa shape index (κ2) is 6.52. The van der Waals surface area contributed by atoms with E-state index >= 15 is 0 Å². The van der Waals surface area contributed by atoms with E-state index < -0.39 is 23.4 Å². The Bertz CT molecular complexity index is 1130. The van der Waals surface area contributed by atoms with Crippen LogP contribution in [-0.4, -0.2) is 25.9 Å². The molecule has 4 rings (SSSR count). The molecule has 0 atom stereocenters. The zero-order valence-electron chi connectivity index (χ0n) is 15.8. The van der Waals surface area contributed by atoms with Crippen LogP contribution in [0.3, 0.4) is 0 Å². The van der Waals surface area contributed by atoms with Gasteiger partial charge in [0.1, 0.15) is 5.69 Å². The number of aromatic nitrogens is 2. The van der Waals surface area contributed by atoms with Crippen molar-refractivity contribution in [3.8, 4) is 0 Å². The molecule has 1 aliphatic heterocycles. The van der Waals surface area contributed by atoms with Gasteiger partial charge in [0.05, 0.1) is 22.3 Å². The lowest BCUT2D eigenvalue weighted by molar-refractivity contribution is -0.140. The van der Waals surface area contributed by atoms with Gasteiger partial charge in [-0.15, -0.1) is 0 Å². The molecule has 0 saturated carbocycles. The number of carboxylic acid groups (broad SMARTS) is 1. The van der Waals surface area contributed by atoms with Crippen molar-refractivity contribution in [3.63, 3.8) is 0 Å². The molecule has 1 aromatic carbocycles. The van der Waals surface area contributed by atoms with Crippen LogP contribution in [0.25, 0.3) is 11.0 Å². The largest absolute Gasteiger partial charge is 0.478 e. The lowest BCUT2D eigenvalue weighted by Gasteiger charge is -2.32. The molecular formula is C21H18F3N3O2. The molecule has 0 saturated heterocycles. The first-order valence-electron chi connectivity index (χ1n) is 9.02. The van der Waals surface area contributed by atoms with Crippen LogP contribution >= 0.6 is 0 Å². The van der Waals surface area contributed by atoms with Gasteiger partial charge in [0.25, 0.3) is 0 Å². The number of carboxylic acids is 1. The summed E-state index contributed by atoms with van der Waals surface area (Å²) in [6.07, 6.45) is -4.50. The van der Waals surface area contributed by atoms with Gasteiger partial charge < -0.3 is 5.11 Å². The zero-order valence-corrected chi connectivity index (χ0v) is 15.8. The second-order valence-electron chi connectivity index (χ2n) is 7.59. The fourth-order valence-electron chi connectivity index (χ4n) is 3.84. The minimum absolute atomic E-state index is 0.181. The molecule has 5 nitrogen and oxygen atoms in total. The Morgan fingerprint density at radius 1 is 1.10 bits per heavy atom. The van der Waals surface area contributed by atoms with Crippen LogP contribution in [-0.2, 0) is 24.8 Å². The number of halogens is 3. The smallest absolute Gasteiger partial charge is 0.433 e. The molecule has 2 aromatic heterocycles. The molecular weight excluding hydrogens is 383 g/mol. The summed E-state index contributed by atoms with van der Waals surface area (Å²) in [5, 5.41) is 9.48. The Labute approximate surface area is 164 Å². The van der Waals surface area contributed by atoms with Crippen molar-refractivity contribution >= 4 is 17.0 Å². The second-order valence-corrected chi connectivity index (χ2v) is 7.59. The number of fused-ring (bicyclic) bond motifs is 2. The molecule has 0 radical (unpaired) electrons. The highest BCUT2D eigenvalue weighted by Crippen LogP contribution is 2.41. The number of nitrogens with zero attached hydrogens (tertiary/aromatic N) is 3. The lowest BCUT2D eigenvalue weighted by Crippen LogP contribution is -2.35. The van der Waals surface area contributed by atoms with Crippen molar-refractivity contribution < 1.29 is 23.1 Å². The molecule has 29 heavy (non-hydrogen) atoms. The van der Waals surface area contributed by atoms with Crippen LogP contribution in [0.4, 0.5) is 13.2 Å². The third kappa shape index (κ3) is 3.33. The van der Waals surface area contributed by atoms with Gasteiger partial charge in [-0.25, -0.2) is 14.8 Å². The van der Waals surface area contributed by atoms with Crippen molar-refractivity contribution in [3.05, 3.63) is 70.5 Å². The van der Waals surface area contributed by atoms with Crippen molar-refractivity contribution in [2.45, 2.75) is 38.7 Å². The Morgan fingerprint density at radius 2 is 1.79 bits per heavy atom. The first-order chi connectivity index (χ1) is 13.6. The molecule has 1 aliphatic rings. The minimum atomic E-state index is -4.50. The molecule has 0 unspecified atom stereocenters. The average Bonchev–Trinajstić information content (AvgIpc) is 2.90. The topological polar surface area (TPSA) is 66.3 Å². The zero-order chi connectivity index (χ0) is 21.0. The molecule has 0 aliphatic carbocycles. The summed E-state index contributed by atoms with van der Waals surface area (Å²) in [6.45, 7) is 4.92. The van der Waals surface area contributed by atoms with E-state index in [1.807, 2.05) is 19.9 Å². The van der Waals surface area contributed by atoms with Crippen LogP contribution in [0, 0.1) is 0 Å². The van der Waals surface area contributed by atoms with E-state index in [1.54, 1.807) is 18.2 Å². The van der Waals surface area contributed by atoms with E-state index in [2.05, 4.69) is 14.9 Å². The van der Waals surface area contributed by atoms with Gasteiger partial charge >= 0.3 is 12.1 Å². The summed E-state index contributed by atoms with van der Waals surface area (Å²) in [4.78, 5) is 21.8. The Morgan fingerprint density at radius 3 is 2.48 bits per heavy atom. The van der Waals surface area contributed by atoms with Crippen LogP contribution in [0.2, 0.25) is 0 Å². The molecule has 150 valence electrons. The number of hydrogen-bond donors (Lipinski definition) is 1. The van der Waals surface area contributed by atoms with E-state index in [0.717, 1.165) is 17.2 Å². The number of hydrogen-bond acceptors (Lipinski definition) is 4. The molecule has 0 fully saturated rings. The molecule has 8 heteroatoms. The highest BCUT2D eigenvalue weighted by molar-refractivity contribution is 5.90. The predicted octanol–water partition coefficient (Wildman–Crippen LogP) is 4.60. The number of aromatic carboxylic acids is 1. The van der Waals surface area contributed by atoms with Gasteiger partial charge in [-0.1, -0.05) is 12.1 Å². The Hall–Kier alpha value is -3.00. The highest BCUT2D eigenvalue weighted by Gasteiger charge is 2.39. The number of benzene rings is 1.